The standard InChI is InChI=1S/C21H26N2O4/c1-15-11-12-18(27-14-16-8-4-2-5-9-16)19(22-15)20(24)17-10-6-3-7-13-23(17)21(25)26/h2,4-5,8-9,11-12,17,20,24H,3,6-7,10,13-14H2,1H3,(H,25,26). The van der Waals surface area contributed by atoms with Crippen LogP contribution in [-0.2, 0) is 6.61 Å². The van der Waals surface area contributed by atoms with Gasteiger partial charge in [-0.1, -0.05) is 43.2 Å². The Morgan fingerprint density at radius 2 is 2.00 bits per heavy atom. The van der Waals surface area contributed by atoms with Gasteiger partial charge >= 0.3 is 6.09 Å². The summed E-state index contributed by atoms with van der Waals surface area (Å²) in [5.74, 6) is 0.492. The Labute approximate surface area is 159 Å². The first-order valence-corrected chi connectivity index (χ1v) is 9.38. The Morgan fingerprint density at radius 1 is 1.22 bits per heavy atom. The molecule has 6 nitrogen and oxygen atoms in total. The molecule has 27 heavy (non-hydrogen) atoms. The molecule has 0 saturated carbocycles. The molecule has 0 spiro atoms. The number of aliphatic hydroxyl groups excluding tert-OH is 1. The fourth-order valence-corrected chi connectivity index (χ4v) is 3.52. The molecule has 0 bridgehead atoms. The third kappa shape index (κ3) is 4.77. The zero-order chi connectivity index (χ0) is 19.2. The molecule has 1 fully saturated rings. The minimum Gasteiger partial charge on any atom is -0.487 e. The predicted molar refractivity (Wildman–Crippen MR) is 102 cm³/mol. The Balaban J connectivity index is 1.85. The van der Waals surface area contributed by atoms with Crippen LogP contribution < -0.4 is 4.74 Å². The number of benzene rings is 1. The van der Waals surface area contributed by atoms with Crippen LogP contribution >= 0.6 is 0 Å². The fourth-order valence-electron chi connectivity index (χ4n) is 3.52. The van der Waals surface area contributed by atoms with E-state index in [0.29, 0.717) is 31.0 Å². The molecule has 2 unspecified atom stereocenters. The maximum atomic E-state index is 11.7. The van der Waals surface area contributed by atoms with Crippen molar-refractivity contribution in [3.05, 3.63) is 59.4 Å². The van der Waals surface area contributed by atoms with Gasteiger partial charge in [0.15, 0.2) is 0 Å². The molecule has 3 rings (SSSR count). The van der Waals surface area contributed by atoms with Crippen LogP contribution in [-0.4, -0.2) is 38.8 Å². The summed E-state index contributed by atoms with van der Waals surface area (Å²) in [5, 5.41) is 20.6. The van der Waals surface area contributed by atoms with Gasteiger partial charge < -0.3 is 19.8 Å². The molecule has 2 aromatic rings. The highest BCUT2D eigenvalue weighted by atomic mass is 16.5. The van der Waals surface area contributed by atoms with Gasteiger partial charge in [-0.15, -0.1) is 0 Å². The van der Waals surface area contributed by atoms with Crippen LogP contribution in [0.3, 0.4) is 0 Å². The topological polar surface area (TPSA) is 82.9 Å². The second kappa shape index (κ2) is 8.86. The van der Waals surface area contributed by atoms with E-state index in [1.165, 1.54) is 4.90 Å². The van der Waals surface area contributed by atoms with Crippen molar-refractivity contribution in [2.24, 2.45) is 0 Å². The average molecular weight is 370 g/mol. The second-order valence-electron chi connectivity index (χ2n) is 6.95. The molecule has 1 saturated heterocycles. The summed E-state index contributed by atoms with van der Waals surface area (Å²) >= 11 is 0. The van der Waals surface area contributed by atoms with Crippen LogP contribution in [0.25, 0.3) is 0 Å². The molecule has 2 atom stereocenters. The number of aryl methyl sites for hydroxylation is 1. The Bertz CT molecular complexity index is 766. The van der Waals surface area contributed by atoms with Crippen LogP contribution in [0.5, 0.6) is 5.75 Å². The number of carboxylic acid groups (broad SMARTS) is 1. The van der Waals surface area contributed by atoms with Gasteiger partial charge in [-0.05, 0) is 37.5 Å². The maximum absolute atomic E-state index is 11.7. The molecule has 6 heteroatoms. The minimum absolute atomic E-state index is 0.360. The molecule has 2 heterocycles. The zero-order valence-electron chi connectivity index (χ0n) is 15.5. The summed E-state index contributed by atoms with van der Waals surface area (Å²) in [5.41, 5.74) is 2.18. The number of aliphatic hydroxyl groups is 1. The smallest absolute Gasteiger partial charge is 0.407 e. The number of pyridine rings is 1. The van der Waals surface area contributed by atoms with Gasteiger partial charge in [0.2, 0.25) is 0 Å². The van der Waals surface area contributed by atoms with Gasteiger partial charge in [0.25, 0.3) is 0 Å². The number of ether oxygens (including phenoxy) is 1. The maximum Gasteiger partial charge on any atom is 0.407 e. The number of aromatic nitrogens is 1. The molecule has 2 N–H and O–H groups in total. The van der Waals surface area contributed by atoms with Gasteiger partial charge in [0, 0.05) is 12.2 Å². The highest BCUT2D eigenvalue weighted by Gasteiger charge is 2.34. The number of likely N-dealkylation sites (tertiary alicyclic amines) is 1. The monoisotopic (exact) mass is 370 g/mol. The highest BCUT2D eigenvalue weighted by Crippen LogP contribution is 2.32. The van der Waals surface area contributed by atoms with Crippen molar-refractivity contribution >= 4 is 6.09 Å². The van der Waals surface area contributed by atoms with Crippen molar-refractivity contribution in [3.8, 4) is 5.75 Å². The molecule has 1 aliphatic heterocycles. The van der Waals surface area contributed by atoms with Gasteiger partial charge in [-0.25, -0.2) is 4.79 Å². The lowest BCUT2D eigenvalue weighted by atomic mass is 10.00. The van der Waals surface area contributed by atoms with Gasteiger partial charge in [-0.3, -0.25) is 4.98 Å². The van der Waals surface area contributed by atoms with Crippen LogP contribution in [0.15, 0.2) is 42.5 Å². The van der Waals surface area contributed by atoms with E-state index in [-0.39, 0.29) is 0 Å². The highest BCUT2D eigenvalue weighted by molar-refractivity contribution is 5.65. The number of hydrogen-bond donors (Lipinski definition) is 2. The van der Waals surface area contributed by atoms with E-state index in [1.807, 2.05) is 43.3 Å². The van der Waals surface area contributed by atoms with E-state index in [0.717, 1.165) is 30.5 Å². The third-order valence-corrected chi connectivity index (χ3v) is 4.95. The normalized spacial score (nSPS) is 18.6. The predicted octanol–water partition coefficient (Wildman–Crippen LogP) is 3.93. The van der Waals surface area contributed by atoms with Crippen molar-refractivity contribution in [2.45, 2.75) is 51.4 Å². The first kappa shape index (κ1) is 19.2. The number of carbonyl (C=O) groups is 1. The van der Waals surface area contributed by atoms with Gasteiger partial charge in [-0.2, -0.15) is 0 Å². The lowest BCUT2D eigenvalue weighted by Crippen LogP contribution is -2.43. The summed E-state index contributed by atoms with van der Waals surface area (Å²) in [6.45, 7) is 2.64. The summed E-state index contributed by atoms with van der Waals surface area (Å²) in [4.78, 5) is 17.5. The lowest BCUT2D eigenvalue weighted by molar-refractivity contribution is 0.0435. The Hall–Kier alpha value is -2.60. The van der Waals surface area contributed by atoms with E-state index < -0.39 is 18.2 Å². The van der Waals surface area contributed by atoms with Gasteiger partial charge in [0.1, 0.15) is 24.2 Å². The molecular formula is C21H26N2O4. The van der Waals surface area contributed by atoms with E-state index >= 15 is 0 Å². The van der Waals surface area contributed by atoms with Crippen molar-refractivity contribution in [2.75, 3.05) is 6.54 Å². The molecule has 1 amide bonds. The van der Waals surface area contributed by atoms with Crippen molar-refractivity contribution < 1.29 is 19.7 Å². The molecule has 1 aromatic carbocycles. The van der Waals surface area contributed by atoms with E-state index in [1.54, 1.807) is 6.07 Å². The number of nitrogens with zero attached hydrogens (tertiary/aromatic N) is 2. The molecule has 0 aliphatic carbocycles. The Kier molecular flexibility index (Phi) is 6.29. The zero-order valence-corrected chi connectivity index (χ0v) is 15.5. The molecular weight excluding hydrogens is 344 g/mol. The molecule has 0 radical (unpaired) electrons. The second-order valence-corrected chi connectivity index (χ2v) is 6.95. The van der Waals surface area contributed by atoms with Crippen molar-refractivity contribution in [1.29, 1.82) is 0 Å². The van der Waals surface area contributed by atoms with Crippen LogP contribution in [0.1, 0.15) is 48.7 Å². The number of hydrogen-bond acceptors (Lipinski definition) is 4. The summed E-state index contributed by atoms with van der Waals surface area (Å²) in [7, 11) is 0. The molecule has 1 aromatic heterocycles. The largest absolute Gasteiger partial charge is 0.487 e. The summed E-state index contributed by atoms with van der Waals surface area (Å²) < 4.78 is 5.93. The van der Waals surface area contributed by atoms with Crippen LogP contribution in [0.2, 0.25) is 0 Å². The SMILES string of the molecule is Cc1ccc(OCc2ccccc2)c(C(O)C2CCCCCN2C(=O)O)n1. The van der Waals surface area contributed by atoms with Crippen LogP contribution in [0.4, 0.5) is 4.79 Å². The summed E-state index contributed by atoms with van der Waals surface area (Å²) in [6.07, 6.45) is 1.25. The molecule has 1 aliphatic rings. The van der Waals surface area contributed by atoms with Crippen molar-refractivity contribution in [1.82, 2.24) is 9.88 Å². The van der Waals surface area contributed by atoms with E-state index in [9.17, 15) is 15.0 Å². The molecule has 144 valence electrons. The van der Waals surface area contributed by atoms with E-state index in [4.69, 9.17) is 4.74 Å². The van der Waals surface area contributed by atoms with Gasteiger partial charge in [0.05, 0.1) is 6.04 Å². The van der Waals surface area contributed by atoms with Crippen LogP contribution in [0, 0.1) is 6.92 Å². The number of amides is 1. The minimum atomic E-state index is -1.02. The van der Waals surface area contributed by atoms with E-state index in [2.05, 4.69) is 4.98 Å². The quantitative estimate of drug-likeness (QED) is 0.833. The summed E-state index contributed by atoms with van der Waals surface area (Å²) in [6, 6.07) is 12.9. The first-order chi connectivity index (χ1) is 13.1. The lowest BCUT2D eigenvalue weighted by Gasteiger charge is -2.31. The fraction of sp³-hybridized carbons (Fsp3) is 0.429. The van der Waals surface area contributed by atoms with Crippen molar-refractivity contribution in [3.63, 3.8) is 0 Å². The number of rotatable bonds is 5. The third-order valence-electron chi connectivity index (χ3n) is 4.95. The Morgan fingerprint density at radius 3 is 2.74 bits per heavy atom. The first-order valence-electron chi connectivity index (χ1n) is 9.38. The average Bonchev–Trinajstić information content (AvgIpc) is 2.93.